The lowest BCUT2D eigenvalue weighted by Crippen LogP contribution is -2.55. The Hall–Kier alpha value is -2.87. The van der Waals surface area contributed by atoms with Crippen molar-refractivity contribution in [1.29, 1.82) is 0 Å². The second-order valence-corrected chi connectivity index (χ2v) is 11.6. The second-order valence-electron chi connectivity index (χ2n) is 9.68. The van der Waals surface area contributed by atoms with Crippen LogP contribution in [0.4, 0.5) is 5.69 Å². The molecule has 0 heterocycles. The smallest absolute Gasteiger partial charge is 0.244 e. The van der Waals surface area contributed by atoms with Gasteiger partial charge >= 0.3 is 0 Å². The Bertz CT molecular complexity index is 1090. The number of carbonyl (C=O) groups is 2. The molecule has 2 aromatic rings. The Morgan fingerprint density at radius 3 is 2.00 bits per heavy atom. The third kappa shape index (κ3) is 7.32. The van der Waals surface area contributed by atoms with Gasteiger partial charge in [0.25, 0.3) is 0 Å². The van der Waals surface area contributed by atoms with Crippen LogP contribution in [0.5, 0.6) is 0 Å². The normalized spacial score (nSPS) is 12.7. The van der Waals surface area contributed by atoms with Crippen molar-refractivity contribution in [1.82, 2.24) is 10.2 Å². The van der Waals surface area contributed by atoms with Gasteiger partial charge in [-0.1, -0.05) is 55.5 Å². The zero-order chi connectivity index (χ0) is 25.7. The first-order chi connectivity index (χ1) is 15.7. The number of aryl methyl sites for hydroxylation is 2. The number of para-hydroxylation sites is 1. The fraction of sp³-hybridized carbons (Fsp3) is 0.462. The fourth-order valence-electron chi connectivity index (χ4n) is 3.93. The topological polar surface area (TPSA) is 86.8 Å². The molecule has 0 aromatic heterocycles. The Labute approximate surface area is 204 Å². The van der Waals surface area contributed by atoms with E-state index in [1.54, 1.807) is 0 Å². The van der Waals surface area contributed by atoms with Gasteiger partial charge in [-0.3, -0.25) is 13.9 Å². The van der Waals surface area contributed by atoms with Crippen LogP contribution in [0.2, 0.25) is 0 Å². The van der Waals surface area contributed by atoms with Crippen LogP contribution in [0.15, 0.2) is 48.5 Å². The predicted octanol–water partition coefficient (Wildman–Crippen LogP) is 3.79. The minimum atomic E-state index is -3.76. The molecule has 0 radical (unpaired) electrons. The minimum absolute atomic E-state index is 0.195. The third-order valence-electron chi connectivity index (χ3n) is 5.45. The summed E-state index contributed by atoms with van der Waals surface area (Å²) in [7, 11) is -3.76. The number of sulfonamides is 1. The fourth-order valence-corrected chi connectivity index (χ4v) is 4.89. The first kappa shape index (κ1) is 27.4. The molecular formula is C26H37N3O4S. The zero-order valence-electron chi connectivity index (χ0n) is 21.3. The molecule has 8 heteroatoms. The number of hydrogen-bond donors (Lipinski definition) is 1. The van der Waals surface area contributed by atoms with Crippen LogP contribution >= 0.6 is 0 Å². The standard InChI is InChI=1S/C26H37N3O4S/c1-8-22(25(31)27-26(4,5)6)28(17-21-15-10-9-11-16-21)23(30)18-29(34(7,32)33)24-19(2)13-12-14-20(24)3/h9-16,22H,8,17-18H2,1-7H3,(H,27,31)/t22-/m0/s1. The number of carbonyl (C=O) groups excluding carboxylic acids is 2. The summed E-state index contributed by atoms with van der Waals surface area (Å²) in [6.07, 6.45) is 1.49. The minimum Gasteiger partial charge on any atom is -0.350 e. The highest BCUT2D eigenvalue weighted by atomic mass is 32.2. The maximum atomic E-state index is 13.7. The second kappa shape index (κ2) is 11.0. The van der Waals surface area contributed by atoms with Crippen molar-refractivity contribution in [2.75, 3.05) is 17.1 Å². The van der Waals surface area contributed by atoms with E-state index in [1.807, 2.05) is 90.1 Å². The van der Waals surface area contributed by atoms with Crippen LogP contribution < -0.4 is 9.62 Å². The van der Waals surface area contributed by atoms with Gasteiger partial charge in [0.1, 0.15) is 12.6 Å². The van der Waals surface area contributed by atoms with Gasteiger partial charge < -0.3 is 10.2 Å². The number of amides is 2. The average Bonchev–Trinajstić information content (AvgIpc) is 2.71. The van der Waals surface area contributed by atoms with Gasteiger partial charge in [0.05, 0.1) is 11.9 Å². The summed E-state index contributed by atoms with van der Waals surface area (Å²) in [5.41, 5.74) is 2.39. The van der Waals surface area contributed by atoms with E-state index in [1.165, 1.54) is 4.90 Å². The number of benzene rings is 2. The molecule has 0 aliphatic carbocycles. The van der Waals surface area contributed by atoms with Crippen molar-refractivity contribution in [3.05, 3.63) is 65.2 Å². The highest BCUT2D eigenvalue weighted by molar-refractivity contribution is 7.92. The van der Waals surface area contributed by atoms with E-state index >= 15 is 0 Å². The highest BCUT2D eigenvalue weighted by Crippen LogP contribution is 2.27. The molecule has 2 aromatic carbocycles. The van der Waals surface area contributed by atoms with Crippen LogP contribution in [-0.4, -0.2) is 49.5 Å². The number of nitrogens with one attached hydrogen (secondary N) is 1. The highest BCUT2D eigenvalue weighted by Gasteiger charge is 2.33. The molecule has 0 fully saturated rings. The molecule has 0 spiro atoms. The summed E-state index contributed by atoms with van der Waals surface area (Å²) in [5, 5.41) is 2.96. The summed E-state index contributed by atoms with van der Waals surface area (Å²) in [5.74, 6) is -0.704. The van der Waals surface area contributed by atoms with Gasteiger partial charge in [-0.05, 0) is 57.7 Å². The first-order valence-corrected chi connectivity index (χ1v) is 13.3. The summed E-state index contributed by atoms with van der Waals surface area (Å²) in [6.45, 7) is 10.9. The average molecular weight is 488 g/mol. The third-order valence-corrected chi connectivity index (χ3v) is 6.56. The molecule has 0 aliphatic rings. The van der Waals surface area contributed by atoms with Crippen molar-refractivity contribution in [3.63, 3.8) is 0 Å². The van der Waals surface area contributed by atoms with E-state index in [4.69, 9.17) is 0 Å². The predicted molar refractivity (Wildman–Crippen MR) is 137 cm³/mol. The van der Waals surface area contributed by atoms with Crippen molar-refractivity contribution in [2.24, 2.45) is 0 Å². The van der Waals surface area contributed by atoms with E-state index in [9.17, 15) is 18.0 Å². The largest absolute Gasteiger partial charge is 0.350 e. The quantitative estimate of drug-likeness (QED) is 0.583. The van der Waals surface area contributed by atoms with E-state index in [2.05, 4.69) is 5.32 Å². The van der Waals surface area contributed by atoms with Crippen LogP contribution in [0.1, 0.15) is 50.8 Å². The zero-order valence-corrected chi connectivity index (χ0v) is 22.1. The molecule has 0 saturated heterocycles. The van der Waals surface area contributed by atoms with Gasteiger partial charge in [-0.2, -0.15) is 0 Å². The van der Waals surface area contributed by atoms with Crippen LogP contribution in [0.25, 0.3) is 0 Å². The number of anilines is 1. The summed E-state index contributed by atoms with van der Waals surface area (Å²) in [6, 6.07) is 14.1. The molecule has 0 bridgehead atoms. The van der Waals surface area contributed by atoms with Crippen molar-refractivity contribution in [3.8, 4) is 0 Å². The van der Waals surface area contributed by atoms with Gasteiger partial charge in [-0.25, -0.2) is 8.42 Å². The molecule has 1 N–H and O–H groups in total. The molecule has 2 amide bonds. The molecule has 186 valence electrons. The molecule has 1 atom stereocenters. The molecule has 34 heavy (non-hydrogen) atoms. The summed E-state index contributed by atoms with van der Waals surface area (Å²) in [4.78, 5) is 28.3. The molecule has 2 rings (SSSR count). The molecule has 0 unspecified atom stereocenters. The van der Waals surface area contributed by atoms with Crippen molar-refractivity contribution < 1.29 is 18.0 Å². The van der Waals surface area contributed by atoms with Crippen LogP contribution in [0.3, 0.4) is 0 Å². The lowest BCUT2D eigenvalue weighted by atomic mass is 10.1. The van der Waals surface area contributed by atoms with E-state index in [0.717, 1.165) is 27.3 Å². The van der Waals surface area contributed by atoms with Gasteiger partial charge in [0.2, 0.25) is 21.8 Å². The number of rotatable bonds is 9. The molecule has 7 nitrogen and oxygen atoms in total. The van der Waals surface area contributed by atoms with Crippen LogP contribution in [0, 0.1) is 13.8 Å². The Balaban J connectivity index is 2.49. The van der Waals surface area contributed by atoms with Crippen LogP contribution in [-0.2, 0) is 26.2 Å². The van der Waals surface area contributed by atoms with Gasteiger partial charge in [0.15, 0.2) is 0 Å². The van der Waals surface area contributed by atoms with E-state index < -0.39 is 34.1 Å². The lowest BCUT2D eigenvalue weighted by molar-refractivity contribution is -0.141. The Kier molecular flexibility index (Phi) is 8.89. The summed E-state index contributed by atoms with van der Waals surface area (Å²) < 4.78 is 26.7. The number of nitrogens with zero attached hydrogens (tertiary/aromatic N) is 2. The molecule has 0 aliphatic heterocycles. The maximum Gasteiger partial charge on any atom is 0.244 e. The lowest BCUT2D eigenvalue weighted by Gasteiger charge is -2.35. The summed E-state index contributed by atoms with van der Waals surface area (Å²) >= 11 is 0. The van der Waals surface area contributed by atoms with E-state index in [-0.39, 0.29) is 12.5 Å². The Morgan fingerprint density at radius 2 is 1.53 bits per heavy atom. The first-order valence-electron chi connectivity index (χ1n) is 11.4. The van der Waals surface area contributed by atoms with Gasteiger partial charge in [-0.15, -0.1) is 0 Å². The van der Waals surface area contributed by atoms with E-state index in [0.29, 0.717) is 12.1 Å². The van der Waals surface area contributed by atoms with Crippen molar-refractivity contribution in [2.45, 2.75) is 66.1 Å². The monoisotopic (exact) mass is 487 g/mol. The van der Waals surface area contributed by atoms with Gasteiger partial charge in [0, 0.05) is 12.1 Å². The Morgan fingerprint density at radius 1 is 0.971 bits per heavy atom. The van der Waals surface area contributed by atoms with Crippen molar-refractivity contribution >= 4 is 27.5 Å². The SMILES string of the molecule is CC[C@@H](C(=O)NC(C)(C)C)N(Cc1ccccc1)C(=O)CN(c1c(C)cccc1C)S(C)(=O)=O. The molecular weight excluding hydrogens is 450 g/mol. The number of hydrogen-bond acceptors (Lipinski definition) is 4. The maximum absolute atomic E-state index is 13.7. The molecule has 0 saturated carbocycles.